The molecule has 0 aliphatic rings. The zero-order chi connectivity index (χ0) is 14.1. The van der Waals surface area contributed by atoms with Crippen molar-refractivity contribution >= 4 is 33.0 Å². The second-order valence-corrected chi connectivity index (χ2v) is 5.77. The molecule has 3 rings (SSSR count). The van der Waals surface area contributed by atoms with Crippen LogP contribution in [0.2, 0.25) is 5.02 Å². The summed E-state index contributed by atoms with van der Waals surface area (Å²) in [7, 11) is 0. The lowest BCUT2D eigenvalue weighted by Crippen LogP contribution is -2.06. The van der Waals surface area contributed by atoms with Crippen LogP contribution in [0.4, 0.5) is 0 Å². The van der Waals surface area contributed by atoms with Gasteiger partial charge in [0.2, 0.25) is 0 Å². The Balaban J connectivity index is 2.02. The van der Waals surface area contributed by atoms with Crippen LogP contribution in [0.5, 0.6) is 10.9 Å². The van der Waals surface area contributed by atoms with Crippen LogP contribution in [-0.2, 0) is 0 Å². The van der Waals surface area contributed by atoms with Gasteiger partial charge in [0, 0.05) is 9.72 Å². The Labute approximate surface area is 124 Å². The van der Waals surface area contributed by atoms with Gasteiger partial charge in [-0.3, -0.25) is 4.79 Å². The molecule has 1 heterocycles. The fraction of sp³-hybridized carbons (Fsp3) is 0.0667. The van der Waals surface area contributed by atoms with Crippen molar-refractivity contribution in [2.75, 3.05) is 0 Å². The van der Waals surface area contributed by atoms with E-state index >= 15 is 0 Å². The second kappa shape index (κ2) is 5.23. The van der Waals surface area contributed by atoms with E-state index in [2.05, 4.69) is 4.98 Å². The average Bonchev–Trinajstić information content (AvgIpc) is 2.42. The van der Waals surface area contributed by atoms with Gasteiger partial charge in [-0.05, 0) is 43.3 Å². The summed E-state index contributed by atoms with van der Waals surface area (Å²) < 4.78 is 6.46. The summed E-state index contributed by atoms with van der Waals surface area (Å²) in [5.41, 5.74) is 0.765. The van der Waals surface area contributed by atoms with E-state index in [0.29, 0.717) is 21.4 Å². The minimum Gasteiger partial charge on any atom is -0.431 e. The van der Waals surface area contributed by atoms with Crippen LogP contribution in [0.25, 0.3) is 10.1 Å². The van der Waals surface area contributed by atoms with E-state index in [1.807, 2.05) is 25.1 Å². The molecule has 0 amide bonds. The molecule has 0 saturated heterocycles. The molecular formula is C15H10ClNO2S. The predicted octanol–water partition coefficient (Wildman–Crippen LogP) is 4.41. The SMILES string of the molecule is Cc1ccc2sc(Oc3ccc(Cl)cc3)nc(=O)c2c1. The maximum absolute atomic E-state index is 12.0. The summed E-state index contributed by atoms with van der Waals surface area (Å²) in [6, 6.07) is 12.6. The van der Waals surface area contributed by atoms with Gasteiger partial charge in [-0.15, -0.1) is 0 Å². The number of halogens is 1. The third-order valence-electron chi connectivity index (χ3n) is 2.77. The second-order valence-electron chi connectivity index (χ2n) is 4.34. The van der Waals surface area contributed by atoms with Gasteiger partial charge in [-0.25, -0.2) is 0 Å². The number of rotatable bonds is 2. The van der Waals surface area contributed by atoms with Crippen LogP contribution >= 0.6 is 22.9 Å². The van der Waals surface area contributed by atoms with E-state index in [1.165, 1.54) is 11.3 Å². The van der Waals surface area contributed by atoms with Gasteiger partial charge in [0.05, 0.1) is 5.39 Å². The lowest BCUT2D eigenvalue weighted by molar-refractivity contribution is 0.476. The highest BCUT2D eigenvalue weighted by atomic mass is 35.5. The Morgan fingerprint density at radius 3 is 2.65 bits per heavy atom. The summed E-state index contributed by atoms with van der Waals surface area (Å²) in [4.78, 5) is 16.0. The van der Waals surface area contributed by atoms with E-state index < -0.39 is 0 Å². The third-order valence-corrected chi connectivity index (χ3v) is 3.95. The number of hydrogen-bond donors (Lipinski definition) is 0. The number of aryl methyl sites for hydroxylation is 1. The standard InChI is InChI=1S/C15H10ClNO2S/c1-9-2-7-13-12(8-9)14(18)17-15(20-13)19-11-5-3-10(16)4-6-11/h2-8H,1H3. The first-order valence-electron chi connectivity index (χ1n) is 5.97. The predicted molar refractivity (Wildman–Crippen MR) is 82.2 cm³/mol. The maximum Gasteiger partial charge on any atom is 0.282 e. The van der Waals surface area contributed by atoms with Gasteiger partial charge in [-0.2, -0.15) is 4.98 Å². The molecule has 0 atom stereocenters. The molecule has 0 radical (unpaired) electrons. The number of nitrogens with zero attached hydrogens (tertiary/aromatic N) is 1. The Bertz CT molecular complexity index is 827. The summed E-state index contributed by atoms with van der Waals surface area (Å²) in [5.74, 6) is 0.601. The van der Waals surface area contributed by atoms with Crippen molar-refractivity contribution < 1.29 is 4.74 Å². The first-order valence-corrected chi connectivity index (χ1v) is 7.16. The molecule has 0 bridgehead atoms. The van der Waals surface area contributed by atoms with Crippen molar-refractivity contribution in [3.8, 4) is 10.9 Å². The number of benzene rings is 2. The molecule has 5 heteroatoms. The third kappa shape index (κ3) is 2.66. The first kappa shape index (κ1) is 13.1. The average molecular weight is 304 g/mol. The Morgan fingerprint density at radius 2 is 1.90 bits per heavy atom. The summed E-state index contributed by atoms with van der Waals surface area (Å²) in [6.07, 6.45) is 0. The van der Waals surface area contributed by atoms with Gasteiger partial charge in [0.1, 0.15) is 5.75 Å². The highest BCUT2D eigenvalue weighted by Crippen LogP contribution is 2.28. The molecule has 0 unspecified atom stereocenters. The number of hydrogen-bond acceptors (Lipinski definition) is 4. The topological polar surface area (TPSA) is 39.2 Å². The number of aromatic nitrogens is 1. The van der Waals surface area contributed by atoms with Crippen molar-refractivity contribution in [3.05, 3.63) is 63.4 Å². The molecule has 1 aromatic heterocycles. The molecule has 0 saturated carbocycles. The number of ether oxygens (including phenoxy) is 1. The van der Waals surface area contributed by atoms with E-state index in [4.69, 9.17) is 16.3 Å². The van der Waals surface area contributed by atoms with Crippen molar-refractivity contribution in [2.45, 2.75) is 6.92 Å². The lowest BCUT2D eigenvalue weighted by atomic mass is 10.2. The Morgan fingerprint density at radius 1 is 1.15 bits per heavy atom. The lowest BCUT2D eigenvalue weighted by Gasteiger charge is -2.04. The molecule has 20 heavy (non-hydrogen) atoms. The molecule has 0 N–H and O–H groups in total. The van der Waals surface area contributed by atoms with Crippen LogP contribution in [0.15, 0.2) is 47.3 Å². The zero-order valence-electron chi connectivity index (χ0n) is 10.6. The molecule has 3 nitrogen and oxygen atoms in total. The van der Waals surface area contributed by atoms with Crippen LogP contribution in [-0.4, -0.2) is 4.98 Å². The van der Waals surface area contributed by atoms with Crippen LogP contribution in [0.1, 0.15) is 5.56 Å². The van der Waals surface area contributed by atoms with E-state index in [9.17, 15) is 4.79 Å². The minimum atomic E-state index is -0.272. The van der Waals surface area contributed by atoms with Gasteiger partial charge in [0.25, 0.3) is 10.8 Å². The summed E-state index contributed by atoms with van der Waals surface area (Å²) in [5, 5.41) is 1.58. The van der Waals surface area contributed by atoms with Crippen molar-refractivity contribution in [1.82, 2.24) is 4.98 Å². The molecule has 0 aliphatic heterocycles. The zero-order valence-corrected chi connectivity index (χ0v) is 12.2. The fourth-order valence-electron chi connectivity index (χ4n) is 1.81. The Kier molecular flexibility index (Phi) is 3.42. The van der Waals surface area contributed by atoms with Crippen LogP contribution in [0.3, 0.4) is 0 Å². The van der Waals surface area contributed by atoms with Gasteiger partial charge in [-0.1, -0.05) is 34.6 Å². The summed E-state index contributed by atoms with van der Waals surface area (Å²) in [6.45, 7) is 1.95. The molecule has 0 spiro atoms. The Hall–Kier alpha value is -1.91. The fourth-order valence-corrected chi connectivity index (χ4v) is 2.78. The maximum atomic E-state index is 12.0. The van der Waals surface area contributed by atoms with Crippen molar-refractivity contribution in [1.29, 1.82) is 0 Å². The van der Waals surface area contributed by atoms with E-state index in [0.717, 1.165) is 10.3 Å². The highest BCUT2D eigenvalue weighted by molar-refractivity contribution is 7.19. The first-order chi connectivity index (χ1) is 9.61. The minimum absolute atomic E-state index is 0.272. The van der Waals surface area contributed by atoms with E-state index in [-0.39, 0.29) is 5.56 Å². The van der Waals surface area contributed by atoms with E-state index in [1.54, 1.807) is 24.3 Å². The largest absolute Gasteiger partial charge is 0.431 e. The quantitative estimate of drug-likeness (QED) is 0.704. The normalized spacial score (nSPS) is 10.7. The molecule has 3 aromatic rings. The van der Waals surface area contributed by atoms with Gasteiger partial charge < -0.3 is 4.74 Å². The van der Waals surface area contributed by atoms with Crippen LogP contribution in [0, 0.1) is 6.92 Å². The molecular weight excluding hydrogens is 294 g/mol. The molecule has 0 fully saturated rings. The smallest absolute Gasteiger partial charge is 0.282 e. The van der Waals surface area contributed by atoms with Crippen LogP contribution < -0.4 is 10.3 Å². The molecule has 2 aromatic carbocycles. The highest BCUT2D eigenvalue weighted by Gasteiger charge is 2.07. The van der Waals surface area contributed by atoms with Crippen molar-refractivity contribution in [3.63, 3.8) is 0 Å². The summed E-state index contributed by atoms with van der Waals surface area (Å²) >= 11 is 7.16. The number of fused-ring (bicyclic) bond motifs is 1. The monoisotopic (exact) mass is 303 g/mol. The van der Waals surface area contributed by atoms with Gasteiger partial charge in [0.15, 0.2) is 0 Å². The van der Waals surface area contributed by atoms with Gasteiger partial charge >= 0.3 is 0 Å². The van der Waals surface area contributed by atoms with Crippen molar-refractivity contribution in [2.24, 2.45) is 0 Å². The molecule has 0 aliphatic carbocycles. The molecule has 100 valence electrons.